The Labute approximate surface area is 87.5 Å². The third-order valence-electron chi connectivity index (χ3n) is 2.84. The maximum Gasteiger partial charge on any atom is 0.303 e. The Kier molecular flexibility index (Phi) is 2.93. The molecule has 0 spiro atoms. The first kappa shape index (κ1) is 10.9. The zero-order valence-electron chi connectivity index (χ0n) is 7.55. The fraction of sp³-hybridized carbons (Fsp3) is 0.667. The molecule has 1 aliphatic rings. The number of hydrogen-bond donors (Lipinski definition) is 1. The number of carboxylic acid groups (broad SMARTS) is 1. The molecule has 2 nitrogen and oxygen atoms in total. The van der Waals surface area contributed by atoms with Crippen LogP contribution in [-0.2, 0) is 4.79 Å². The number of halogens is 2. The smallest absolute Gasteiger partial charge is 0.303 e. The lowest BCUT2D eigenvalue weighted by atomic mass is 10.1. The van der Waals surface area contributed by atoms with Gasteiger partial charge >= 0.3 is 5.97 Å². The van der Waals surface area contributed by atoms with Gasteiger partial charge in [-0.2, -0.15) is 0 Å². The van der Waals surface area contributed by atoms with Crippen LogP contribution >= 0.6 is 23.2 Å². The van der Waals surface area contributed by atoms with Gasteiger partial charge < -0.3 is 5.11 Å². The Balaban J connectivity index is 2.61. The van der Waals surface area contributed by atoms with Gasteiger partial charge in [-0.25, -0.2) is 0 Å². The molecule has 0 aromatic heterocycles. The number of carboxylic acids is 1. The number of carbonyl (C=O) groups is 1. The SMILES string of the molecule is CC1(C)[C@H](C=C(Cl)Cl)[C@H]1CC(=O)O. The summed E-state index contributed by atoms with van der Waals surface area (Å²) in [5.41, 5.74) is 0.0213. The molecule has 0 bridgehead atoms. The van der Waals surface area contributed by atoms with Crippen molar-refractivity contribution in [1.82, 2.24) is 0 Å². The van der Waals surface area contributed by atoms with E-state index in [1.165, 1.54) is 0 Å². The summed E-state index contributed by atoms with van der Waals surface area (Å²) >= 11 is 11.0. The summed E-state index contributed by atoms with van der Waals surface area (Å²) in [5.74, 6) is -0.397. The molecule has 2 atom stereocenters. The van der Waals surface area contributed by atoms with Crippen molar-refractivity contribution in [2.75, 3.05) is 0 Å². The van der Waals surface area contributed by atoms with E-state index in [9.17, 15) is 4.79 Å². The minimum Gasteiger partial charge on any atom is -0.481 e. The van der Waals surface area contributed by atoms with Crippen molar-refractivity contribution in [2.24, 2.45) is 17.3 Å². The van der Waals surface area contributed by atoms with Crippen LogP contribution in [0.1, 0.15) is 20.3 Å². The van der Waals surface area contributed by atoms with E-state index >= 15 is 0 Å². The van der Waals surface area contributed by atoms with Crippen molar-refractivity contribution in [3.05, 3.63) is 10.6 Å². The Morgan fingerprint density at radius 3 is 2.46 bits per heavy atom. The fourth-order valence-corrected chi connectivity index (χ4v) is 2.10. The average Bonchev–Trinajstić information content (AvgIpc) is 2.36. The summed E-state index contributed by atoms with van der Waals surface area (Å²) in [6, 6.07) is 0. The number of aliphatic carboxylic acids is 1. The highest BCUT2D eigenvalue weighted by molar-refractivity contribution is 6.55. The topological polar surface area (TPSA) is 37.3 Å². The van der Waals surface area contributed by atoms with Gasteiger partial charge in [-0.05, 0) is 17.3 Å². The largest absolute Gasteiger partial charge is 0.481 e. The second kappa shape index (κ2) is 3.50. The van der Waals surface area contributed by atoms with Crippen molar-refractivity contribution in [3.8, 4) is 0 Å². The predicted octanol–water partition coefficient (Wildman–Crippen LogP) is 3.05. The van der Waals surface area contributed by atoms with Crippen LogP contribution in [0.15, 0.2) is 10.6 Å². The molecule has 4 heteroatoms. The van der Waals surface area contributed by atoms with Gasteiger partial charge in [0.15, 0.2) is 0 Å². The second-order valence-corrected chi connectivity index (χ2v) is 5.02. The number of allylic oxidation sites excluding steroid dienone is 1. The van der Waals surface area contributed by atoms with Gasteiger partial charge in [0.1, 0.15) is 4.49 Å². The molecule has 0 aliphatic heterocycles. The van der Waals surface area contributed by atoms with E-state index in [1.54, 1.807) is 6.08 Å². The van der Waals surface area contributed by atoms with Gasteiger partial charge in [0.05, 0.1) is 0 Å². The normalized spacial score (nSPS) is 29.5. The molecule has 0 amide bonds. The summed E-state index contributed by atoms with van der Waals surface area (Å²) in [5, 5.41) is 8.62. The second-order valence-electron chi connectivity index (χ2n) is 4.01. The Hall–Kier alpha value is -0.210. The van der Waals surface area contributed by atoms with E-state index < -0.39 is 5.97 Å². The summed E-state index contributed by atoms with van der Waals surface area (Å²) in [4.78, 5) is 10.5. The summed E-state index contributed by atoms with van der Waals surface area (Å²) in [7, 11) is 0. The van der Waals surface area contributed by atoms with Crippen LogP contribution < -0.4 is 0 Å². The van der Waals surface area contributed by atoms with Gasteiger partial charge in [0.2, 0.25) is 0 Å². The molecular weight excluding hydrogens is 211 g/mol. The monoisotopic (exact) mass is 222 g/mol. The van der Waals surface area contributed by atoms with Crippen molar-refractivity contribution >= 4 is 29.2 Å². The van der Waals surface area contributed by atoms with Gasteiger partial charge in [0.25, 0.3) is 0 Å². The molecule has 0 unspecified atom stereocenters. The van der Waals surface area contributed by atoms with E-state index in [0.29, 0.717) is 0 Å². The number of rotatable bonds is 3. The van der Waals surface area contributed by atoms with Crippen molar-refractivity contribution < 1.29 is 9.90 Å². The molecule has 1 rings (SSSR count). The molecule has 0 aromatic rings. The molecule has 1 saturated carbocycles. The third-order valence-corrected chi connectivity index (χ3v) is 3.09. The van der Waals surface area contributed by atoms with E-state index in [-0.39, 0.29) is 28.2 Å². The zero-order chi connectivity index (χ0) is 10.2. The van der Waals surface area contributed by atoms with Crippen LogP contribution in [0.4, 0.5) is 0 Å². The highest BCUT2D eigenvalue weighted by Gasteiger charge is 2.56. The van der Waals surface area contributed by atoms with E-state index in [2.05, 4.69) is 0 Å². The lowest BCUT2D eigenvalue weighted by Crippen LogP contribution is -1.99. The minimum absolute atomic E-state index is 0.0213. The molecule has 0 aromatic carbocycles. The molecule has 0 saturated heterocycles. The molecule has 13 heavy (non-hydrogen) atoms. The molecule has 1 fully saturated rings. The van der Waals surface area contributed by atoms with Crippen LogP contribution in [0.3, 0.4) is 0 Å². The maximum atomic E-state index is 10.5. The van der Waals surface area contributed by atoms with Crippen LogP contribution in [0.2, 0.25) is 0 Å². The van der Waals surface area contributed by atoms with E-state index in [4.69, 9.17) is 28.3 Å². The summed E-state index contributed by atoms with van der Waals surface area (Å²) in [6.45, 7) is 4.05. The van der Waals surface area contributed by atoms with Gasteiger partial charge in [-0.3, -0.25) is 4.79 Å². The average molecular weight is 223 g/mol. The Bertz CT molecular complexity index is 254. The van der Waals surface area contributed by atoms with Crippen molar-refractivity contribution in [1.29, 1.82) is 0 Å². The van der Waals surface area contributed by atoms with Gasteiger partial charge in [-0.15, -0.1) is 0 Å². The van der Waals surface area contributed by atoms with Crippen LogP contribution in [-0.4, -0.2) is 11.1 Å². The number of hydrogen-bond acceptors (Lipinski definition) is 1. The summed E-state index contributed by atoms with van der Waals surface area (Å²) < 4.78 is 0.228. The molecule has 1 N–H and O–H groups in total. The summed E-state index contributed by atoms with van der Waals surface area (Å²) in [6.07, 6.45) is 1.92. The predicted molar refractivity (Wildman–Crippen MR) is 52.8 cm³/mol. The van der Waals surface area contributed by atoms with E-state index in [1.807, 2.05) is 13.8 Å². The highest BCUT2D eigenvalue weighted by atomic mass is 35.5. The first-order valence-electron chi connectivity index (χ1n) is 4.10. The van der Waals surface area contributed by atoms with Crippen LogP contribution in [0.5, 0.6) is 0 Å². The quantitative estimate of drug-likeness (QED) is 0.798. The van der Waals surface area contributed by atoms with Gasteiger partial charge in [0, 0.05) is 6.42 Å². The standard InChI is InChI=1S/C9H12Cl2O2/c1-9(2)5(3-7(10)11)6(9)4-8(12)13/h3,5-6H,4H2,1-2H3,(H,12,13)/t5-,6-/m1/s1. The van der Waals surface area contributed by atoms with Crippen LogP contribution in [0, 0.1) is 17.3 Å². The molecule has 74 valence electrons. The highest BCUT2D eigenvalue weighted by Crippen LogP contribution is 2.61. The zero-order valence-corrected chi connectivity index (χ0v) is 9.06. The molecule has 0 radical (unpaired) electrons. The first-order valence-corrected chi connectivity index (χ1v) is 4.86. The van der Waals surface area contributed by atoms with Gasteiger partial charge in [-0.1, -0.05) is 43.1 Å². The lowest BCUT2D eigenvalue weighted by molar-refractivity contribution is -0.137. The Morgan fingerprint density at radius 2 is 2.08 bits per heavy atom. The maximum absolute atomic E-state index is 10.5. The first-order chi connectivity index (χ1) is 5.85. The Morgan fingerprint density at radius 1 is 1.54 bits per heavy atom. The molecule has 1 aliphatic carbocycles. The fourth-order valence-electron chi connectivity index (χ4n) is 1.83. The third kappa shape index (κ3) is 2.38. The minimum atomic E-state index is -0.764. The van der Waals surface area contributed by atoms with Crippen molar-refractivity contribution in [3.63, 3.8) is 0 Å². The van der Waals surface area contributed by atoms with Crippen molar-refractivity contribution in [2.45, 2.75) is 20.3 Å². The molecular formula is C9H12Cl2O2. The van der Waals surface area contributed by atoms with Crippen LogP contribution in [0.25, 0.3) is 0 Å². The van der Waals surface area contributed by atoms with E-state index in [0.717, 1.165) is 0 Å². The molecule has 0 heterocycles. The lowest BCUT2D eigenvalue weighted by Gasteiger charge is -1.97.